The highest BCUT2D eigenvalue weighted by atomic mass is 16.4. The first-order chi connectivity index (χ1) is 13.5. The number of rotatable bonds is 4. The predicted octanol–water partition coefficient (Wildman–Crippen LogP) is 1.84. The van der Waals surface area contributed by atoms with Gasteiger partial charge in [0.15, 0.2) is 0 Å². The normalized spacial score (nSPS) is 24.9. The van der Waals surface area contributed by atoms with Crippen molar-refractivity contribution in [2.24, 2.45) is 18.4 Å². The van der Waals surface area contributed by atoms with Gasteiger partial charge in [-0.25, -0.2) is 0 Å². The average molecular weight is 384 g/mol. The summed E-state index contributed by atoms with van der Waals surface area (Å²) in [5, 5.41) is 12.6. The minimum absolute atomic E-state index is 0.0247. The van der Waals surface area contributed by atoms with Gasteiger partial charge in [0, 0.05) is 45.2 Å². The van der Waals surface area contributed by atoms with Crippen LogP contribution >= 0.6 is 0 Å². The Morgan fingerprint density at radius 2 is 2.07 bits per heavy atom. The van der Waals surface area contributed by atoms with Crippen LogP contribution in [-0.4, -0.2) is 68.4 Å². The van der Waals surface area contributed by atoms with E-state index in [1.54, 1.807) is 17.1 Å². The summed E-state index contributed by atoms with van der Waals surface area (Å²) in [5.74, 6) is 2.35. The third-order valence-corrected chi connectivity index (χ3v) is 6.79. The van der Waals surface area contributed by atoms with Crippen molar-refractivity contribution in [3.05, 3.63) is 29.7 Å². The zero-order valence-electron chi connectivity index (χ0n) is 16.7. The number of hydrogen-bond acceptors (Lipinski definition) is 6. The molecule has 1 unspecified atom stereocenters. The third kappa shape index (κ3) is 3.23. The quantitative estimate of drug-likeness (QED) is 0.800. The molecule has 0 aromatic carbocycles. The summed E-state index contributed by atoms with van der Waals surface area (Å²) < 4.78 is 7.52. The zero-order chi connectivity index (χ0) is 19.3. The molecule has 0 bridgehead atoms. The summed E-state index contributed by atoms with van der Waals surface area (Å²) in [6, 6.07) is 0. The van der Waals surface area contributed by atoms with Crippen LogP contribution in [0, 0.1) is 18.3 Å². The number of carbonyl (C=O) groups is 1. The molecule has 2 aromatic rings. The molecule has 28 heavy (non-hydrogen) atoms. The maximum absolute atomic E-state index is 13.1. The Labute approximate surface area is 164 Å². The van der Waals surface area contributed by atoms with Crippen LogP contribution in [0.25, 0.3) is 0 Å². The summed E-state index contributed by atoms with van der Waals surface area (Å²) in [6.45, 7) is 6.64. The summed E-state index contributed by atoms with van der Waals surface area (Å²) in [4.78, 5) is 17.7. The fraction of sp³-hybridized carbons (Fsp3) is 0.700. The number of hydrogen-bond donors (Lipinski definition) is 0. The van der Waals surface area contributed by atoms with Crippen LogP contribution in [0.15, 0.2) is 16.8 Å². The number of carbonyl (C=O) groups excluding carboxylic acids is 1. The highest BCUT2D eigenvalue weighted by molar-refractivity contribution is 5.94. The molecule has 1 aliphatic carbocycles. The predicted molar refractivity (Wildman–Crippen MR) is 102 cm³/mol. The van der Waals surface area contributed by atoms with E-state index in [-0.39, 0.29) is 17.2 Å². The van der Waals surface area contributed by atoms with E-state index in [4.69, 9.17) is 4.42 Å². The van der Waals surface area contributed by atoms with Gasteiger partial charge in [-0.05, 0) is 44.7 Å². The third-order valence-electron chi connectivity index (χ3n) is 6.79. The first-order valence-electron chi connectivity index (χ1n) is 10.3. The van der Waals surface area contributed by atoms with Gasteiger partial charge in [0.25, 0.3) is 5.91 Å². The van der Waals surface area contributed by atoms with Gasteiger partial charge in [-0.3, -0.25) is 9.48 Å². The molecule has 8 nitrogen and oxygen atoms in total. The number of likely N-dealkylation sites (tertiary alicyclic amines) is 2. The van der Waals surface area contributed by atoms with Gasteiger partial charge in [0.05, 0.1) is 17.7 Å². The van der Waals surface area contributed by atoms with E-state index >= 15 is 0 Å². The molecule has 1 spiro atoms. The molecule has 1 amide bonds. The van der Waals surface area contributed by atoms with Crippen molar-refractivity contribution < 1.29 is 9.21 Å². The Bertz CT molecular complexity index is 862. The van der Waals surface area contributed by atoms with E-state index in [9.17, 15) is 4.79 Å². The fourth-order valence-corrected chi connectivity index (χ4v) is 4.98. The minimum Gasteiger partial charge on any atom is -0.425 e. The van der Waals surface area contributed by atoms with Crippen LogP contribution < -0.4 is 0 Å². The lowest BCUT2D eigenvalue weighted by Gasteiger charge is -2.41. The molecule has 1 saturated carbocycles. The second-order valence-corrected chi connectivity index (χ2v) is 8.91. The van der Waals surface area contributed by atoms with Crippen molar-refractivity contribution >= 4 is 5.91 Å². The maximum Gasteiger partial charge on any atom is 0.257 e. The summed E-state index contributed by atoms with van der Waals surface area (Å²) in [6.07, 6.45) is 8.36. The largest absolute Gasteiger partial charge is 0.425 e. The molecule has 150 valence electrons. The average Bonchev–Trinajstić information content (AvgIpc) is 3.06. The summed E-state index contributed by atoms with van der Waals surface area (Å²) in [5.41, 5.74) is 0.669. The standard InChI is InChI=1S/C20H28N6O2/c1-14-22-23-18(28-14)17-12-26(19(27)16-9-21-24(2)11-16)13-20(17)5-7-25(8-6-20)10-15-3-4-15/h9,11,15,17H,3-8,10,12-13H2,1-2H3. The fourth-order valence-electron chi connectivity index (χ4n) is 4.98. The van der Waals surface area contributed by atoms with Crippen molar-refractivity contribution in [2.75, 3.05) is 32.7 Å². The Morgan fingerprint density at radius 3 is 2.68 bits per heavy atom. The monoisotopic (exact) mass is 384 g/mol. The Balaban J connectivity index is 1.38. The lowest BCUT2D eigenvalue weighted by Crippen LogP contribution is -2.44. The van der Waals surface area contributed by atoms with Crippen LogP contribution in [0.4, 0.5) is 0 Å². The highest BCUT2D eigenvalue weighted by Gasteiger charge is 2.52. The van der Waals surface area contributed by atoms with Crippen LogP contribution in [0.1, 0.15) is 53.7 Å². The maximum atomic E-state index is 13.1. The number of piperidine rings is 1. The lowest BCUT2D eigenvalue weighted by molar-refractivity contribution is 0.0693. The van der Waals surface area contributed by atoms with Crippen molar-refractivity contribution in [3.63, 3.8) is 0 Å². The number of nitrogens with zero attached hydrogens (tertiary/aromatic N) is 6. The molecule has 3 fully saturated rings. The van der Waals surface area contributed by atoms with Gasteiger partial charge in [-0.2, -0.15) is 5.10 Å². The molecule has 8 heteroatoms. The van der Waals surface area contributed by atoms with Crippen molar-refractivity contribution in [3.8, 4) is 0 Å². The van der Waals surface area contributed by atoms with Crippen molar-refractivity contribution in [1.29, 1.82) is 0 Å². The Hall–Kier alpha value is -2.22. The molecule has 1 atom stereocenters. The van der Waals surface area contributed by atoms with Crippen LogP contribution in [0.2, 0.25) is 0 Å². The van der Waals surface area contributed by atoms with Gasteiger partial charge in [-0.15, -0.1) is 10.2 Å². The molecule has 2 aliphatic heterocycles. The van der Waals surface area contributed by atoms with Gasteiger partial charge in [0.1, 0.15) is 0 Å². The molecular formula is C20H28N6O2. The molecular weight excluding hydrogens is 356 g/mol. The SMILES string of the molecule is Cc1nnc(C2CN(C(=O)c3cnn(C)c3)CC23CCN(CC2CC2)CC3)o1. The molecule has 0 N–H and O–H groups in total. The Morgan fingerprint density at radius 1 is 1.29 bits per heavy atom. The second-order valence-electron chi connectivity index (χ2n) is 8.91. The Kier molecular flexibility index (Phi) is 4.26. The lowest BCUT2D eigenvalue weighted by atomic mass is 9.70. The van der Waals surface area contributed by atoms with Gasteiger partial charge in [0.2, 0.25) is 11.8 Å². The smallest absolute Gasteiger partial charge is 0.257 e. The van der Waals surface area contributed by atoms with E-state index < -0.39 is 0 Å². The van der Waals surface area contributed by atoms with Crippen molar-refractivity contribution in [1.82, 2.24) is 29.8 Å². The number of aryl methyl sites for hydroxylation is 2. The van der Waals surface area contributed by atoms with Crippen LogP contribution in [0.5, 0.6) is 0 Å². The molecule has 3 aliphatic rings. The highest BCUT2D eigenvalue weighted by Crippen LogP contribution is 2.50. The van der Waals surface area contributed by atoms with E-state index in [1.165, 1.54) is 19.4 Å². The van der Waals surface area contributed by atoms with Gasteiger partial charge >= 0.3 is 0 Å². The van der Waals surface area contributed by atoms with Crippen molar-refractivity contribution in [2.45, 2.75) is 38.5 Å². The topological polar surface area (TPSA) is 80.3 Å². The van der Waals surface area contributed by atoms with Crippen LogP contribution in [0.3, 0.4) is 0 Å². The molecule has 0 radical (unpaired) electrons. The molecule has 5 rings (SSSR count). The zero-order valence-corrected chi connectivity index (χ0v) is 16.7. The first kappa shape index (κ1) is 17.8. The summed E-state index contributed by atoms with van der Waals surface area (Å²) >= 11 is 0. The van der Waals surface area contributed by atoms with Gasteiger partial charge < -0.3 is 14.2 Å². The second kappa shape index (κ2) is 6.69. The summed E-state index contributed by atoms with van der Waals surface area (Å²) in [7, 11) is 1.84. The molecule has 4 heterocycles. The number of amides is 1. The van der Waals surface area contributed by atoms with E-state index in [2.05, 4.69) is 20.2 Å². The molecule has 2 aromatic heterocycles. The first-order valence-corrected chi connectivity index (χ1v) is 10.3. The van der Waals surface area contributed by atoms with E-state index in [0.717, 1.165) is 38.4 Å². The van der Waals surface area contributed by atoms with Crippen LogP contribution in [-0.2, 0) is 7.05 Å². The number of aromatic nitrogens is 4. The molecule has 2 saturated heterocycles. The minimum atomic E-state index is 0.0247. The van der Waals surface area contributed by atoms with E-state index in [0.29, 0.717) is 23.9 Å². The van der Waals surface area contributed by atoms with E-state index in [1.807, 2.05) is 18.9 Å². The van der Waals surface area contributed by atoms with Gasteiger partial charge in [-0.1, -0.05) is 0 Å².